The molecule has 0 spiro atoms. The molecule has 33 heavy (non-hydrogen) atoms. The van der Waals surface area contributed by atoms with E-state index < -0.39 is 10.0 Å². The van der Waals surface area contributed by atoms with Crippen molar-refractivity contribution >= 4 is 27.9 Å². The maximum absolute atomic E-state index is 13.4. The van der Waals surface area contributed by atoms with Crippen LogP contribution in [0.5, 0.6) is 0 Å². The molecular weight excluding hydrogens is 442 g/mol. The molecule has 2 aliphatic rings. The zero-order valence-electron chi connectivity index (χ0n) is 19.1. The van der Waals surface area contributed by atoms with Crippen molar-refractivity contribution in [1.82, 2.24) is 8.87 Å². The number of ether oxygens (including phenoxy) is 1. The molecule has 0 radical (unpaired) electrons. The van der Waals surface area contributed by atoms with Gasteiger partial charge in [-0.05, 0) is 51.0 Å². The predicted octanol–water partition coefficient (Wildman–Crippen LogP) is 1.32. The van der Waals surface area contributed by atoms with Gasteiger partial charge in [0.05, 0.1) is 35.7 Å². The van der Waals surface area contributed by atoms with Crippen LogP contribution in [0, 0.1) is 13.8 Å². The topological polar surface area (TPSA) is 132 Å². The van der Waals surface area contributed by atoms with Crippen molar-refractivity contribution in [2.24, 2.45) is 21.7 Å². The van der Waals surface area contributed by atoms with Crippen LogP contribution in [0.4, 0.5) is 5.69 Å². The first-order valence-electron chi connectivity index (χ1n) is 11.1. The van der Waals surface area contributed by atoms with Gasteiger partial charge in [0.1, 0.15) is 0 Å². The predicted molar refractivity (Wildman–Crippen MR) is 130 cm³/mol. The number of nitrogens with zero attached hydrogens (tertiary/aromatic N) is 5. The Labute approximate surface area is 194 Å². The molecule has 4 N–H and O–H groups in total. The highest BCUT2D eigenvalue weighted by molar-refractivity contribution is 7.89. The number of aromatic nitrogens is 1. The highest BCUT2D eigenvalue weighted by Crippen LogP contribution is 2.34. The number of hydrogen-bond acceptors (Lipinski definition) is 6. The molecule has 4 rings (SSSR count). The summed E-state index contributed by atoms with van der Waals surface area (Å²) in [6.07, 6.45) is 3.84. The van der Waals surface area contributed by atoms with Gasteiger partial charge in [-0.15, -0.1) is 5.10 Å². The molecule has 0 amide bonds. The first-order valence-corrected chi connectivity index (χ1v) is 12.5. The van der Waals surface area contributed by atoms with Gasteiger partial charge < -0.3 is 25.7 Å². The molecule has 0 saturated carbocycles. The fraction of sp³-hybridized carbons (Fsp3) is 0.455. The van der Waals surface area contributed by atoms with Crippen LogP contribution in [0.15, 0.2) is 39.4 Å². The lowest BCUT2D eigenvalue weighted by Crippen LogP contribution is -2.40. The van der Waals surface area contributed by atoms with Gasteiger partial charge in [0.15, 0.2) is 0 Å². The molecule has 1 aromatic carbocycles. The Balaban J connectivity index is 1.82. The molecule has 2 aromatic rings. The lowest BCUT2D eigenvalue weighted by Gasteiger charge is -2.28. The van der Waals surface area contributed by atoms with E-state index in [1.54, 1.807) is 18.3 Å². The molecule has 2 saturated heterocycles. The van der Waals surface area contributed by atoms with Gasteiger partial charge in [0.25, 0.3) is 0 Å². The van der Waals surface area contributed by atoms with Gasteiger partial charge in [0, 0.05) is 43.1 Å². The van der Waals surface area contributed by atoms with Crippen molar-refractivity contribution in [3.63, 3.8) is 0 Å². The fourth-order valence-electron chi connectivity index (χ4n) is 4.45. The van der Waals surface area contributed by atoms with E-state index in [-0.39, 0.29) is 10.9 Å². The molecule has 0 bridgehead atoms. The van der Waals surface area contributed by atoms with Gasteiger partial charge in [0.2, 0.25) is 16.0 Å². The molecule has 2 fully saturated rings. The number of aryl methyl sites for hydroxylation is 1. The summed E-state index contributed by atoms with van der Waals surface area (Å²) < 4.78 is 35.6. The molecule has 3 heterocycles. The smallest absolute Gasteiger partial charge is 0.243 e. The van der Waals surface area contributed by atoms with Crippen LogP contribution in [-0.4, -0.2) is 68.9 Å². The minimum Gasteiger partial charge on any atom is -0.379 e. The third-order valence-corrected chi connectivity index (χ3v) is 7.98. The van der Waals surface area contributed by atoms with Crippen LogP contribution in [0.25, 0.3) is 5.69 Å². The molecule has 10 nitrogen and oxygen atoms in total. The molecule has 1 aromatic heterocycles. The number of hydrogen-bond donors (Lipinski definition) is 2. The first kappa shape index (κ1) is 23.3. The van der Waals surface area contributed by atoms with Gasteiger partial charge in [-0.25, -0.2) is 8.42 Å². The van der Waals surface area contributed by atoms with Crippen molar-refractivity contribution < 1.29 is 13.2 Å². The third-order valence-electron chi connectivity index (χ3n) is 6.08. The highest BCUT2D eigenvalue weighted by atomic mass is 32.2. The Bertz CT molecular complexity index is 1170. The van der Waals surface area contributed by atoms with E-state index in [1.807, 2.05) is 26.0 Å². The SMILES string of the molecule is Cc1cc(C=NN=C(N)N)c(C)n1-c1cc(S(=O)(=O)N2CCOCC2)ccc1N1CCCC1. The van der Waals surface area contributed by atoms with Crippen molar-refractivity contribution in [3.05, 3.63) is 41.2 Å². The van der Waals surface area contributed by atoms with E-state index in [2.05, 4.69) is 19.7 Å². The Hall–Kier alpha value is -2.89. The molecule has 2 aliphatic heterocycles. The van der Waals surface area contributed by atoms with E-state index in [1.165, 1.54) is 4.31 Å². The number of morpholine rings is 1. The lowest BCUT2D eigenvalue weighted by atomic mass is 10.2. The van der Waals surface area contributed by atoms with Crippen LogP contribution in [0.1, 0.15) is 29.8 Å². The number of sulfonamides is 1. The number of anilines is 1. The maximum Gasteiger partial charge on any atom is 0.243 e. The van der Waals surface area contributed by atoms with Gasteiger partial charge in [-0.3, -0.25) is 0 Å². The minimum absolute atomic E-state index is 0.114. The summed E-state index contributed by atoms with van der Waals surface area (Å²) in [5, 5.41) is 7.62. The van der Waals surface area contributed by atoms with Crippen molar-refractivity contribution in [2.45, 2.75) is 31.6 Å². The van der Waals surface area contributed by atoms with Crippen molar-refractivity contribution in [3.8, 4) is 5.69 Å². The summed E-state index contributed by atoms with van der Waals surface area (Å²) in [5.74, 6) is -0.114. The van der Waals surface area contributed by atoms with E-state index in [9.17, 15) is 8.42 Å². The van der Waals surface area contributed by atoms with Crippen molar-refractivity contribution in [2.75, 3.05) is 44.3 Å². The molecule has 178 valence electrons. The second-order valence-electron chi connectivity index (χ2n) is 8.29. The number of nitrogens with two attached hydrogens (primary N) is 2. The number of guanidine groups is 1. The average molecular weight is 474 g/mol. The summed E-state index contributed by atoms with van der Waals surface area (Å²) in [6, 6.07) is 7.42. The Morgan fingerprint density at radius 3 is 2.39 bits per heavy atom. The lowest BCUT2D eigenvalue weighted by molar-refractivity contribution is 0.0730. The number of rotatable bonds is 6. The van der Waals surface area contributed by atoms with Crippen molar-refractivity contribution in [1.29, 1.82) is 0 Å². The van der Waals surface area contributed by atoms with Crippen LogP contribution in [0.3, 0.4) is 0 Å². The minimum atomic E-state index is -3.63. The molecular formula is C22H31N7O3S. The zero-order valence-corrected chi connectivity index (χ0v) is 19.9. The van der Waals surface area contributed by atoms with E-state index >= 15 is 0 Å². The Morgan fingerprint density at radius 2 is 1.73 bits per heavy atom. The van der Waals surface area contributed by atoms with Crippen LogP contribution >= 0.6 is 0 Å². The standard InChI is InChI=1S/C22H31N7O3S/c1-16-13-18(15-25-26-22(23)24)17(2)29(16)21-14-19(5-6-20(21)27-7-3-4-8-27)33(30,31)28-9-11-32-12-10-28/h5-6,13-15H,3-4,7-12H2,1-2H3,(H4,23,24,26). The normalized spacial score (nSPS) is 17.7. The van der Waals surface area contributed by atoms with Gasteiger partial charge in [-0.2, -0.15) is 9.41 Å². The third kappa shape index (κ3) is 4.75. The quantitative estimate of drug-likeness (QED) is 0.370. The van der Waals surface area contributed by atoms with Gasteiger partial charge in [-0.1, -0.05) is 0 Å². The first-order chi connectivity index (χ1) is 15.8. The number of benzene rings is 1. The molecule has 0 aliphatic carbocycles. The Morgan fingerprint density at radius 1 is 1.03 bits per heavy atom. The molecule has 0 atom stereocenters. The second-order valence-corrected chi connectivity index (χ2v) is 10.2. The molecule has 0 unspecified atom stereocenters. The second kappa shape index (κ2) is 9.54. The molecule has 11 heteroatoms. The van der Waals surface area contributed by atoms with E-state index in [4.69, 9.17) is 16.2 Å². The summed E-state index contributed by atoms with van der Waals surface area (Å²) >= 11 is 0. The zero-order chi connectivity index (χ0) is 23.6. The summed E-state index contributed by atoms with van der Waals surface area (Å²) in [4.78, 5) is 2.59. The fourth-order valence-corrected chi connectivity index (χ4v) is 5.88. The largest absolute Gasteiger partial charge is 0.379 e. The average Bonchev–Trinajstić information content (AvgIpc) is 3.42. The van der Waals surface area contributed by atoms with Crippen LogP contribution < -0.4 is 16.4 Å². The Kier molecular flexibility index (Phi) is 6.73. The van der Waals surface area contributed by atoms with Gasteiger partial charge >= 0.3 is 0 Å². The maximum atomic E-state index is 13.4. The van der Waals surface area contributed by atoms with Crippen LogP contribution in [-0.2, 0) is 14.8 Å². The summed E-state index contributed by atoms with van der Waals surface area (Å²) in [5.41, 5.74) is 15.3. The van der Waals surface area contributed by atoms with Crippen LogP contribution in [0.2, 0.25) is 0 Å². The van der Waals surface area contributed by atoms with E-state index in [0.717, 1.165) is 54.3 Å². The summed E-state index contributed by atoms with van der Waals surface area (Å²) in [7, 11) is -3.63. The van der Waals surface area contributed by atoms with E-state index in [0.29, 0.717) is 26.3 Å². The highest BCUT2D eigenvalue weighted by Gasteiger charge is 2.28. The summed E-state index contributed by atoms with van der Waals surface area (Å²) in [6.45, 7) is 7.39. The monoisotopic (exact) mass is 473 g/mol.